The molecule has 0 amide bonds. The number of thiophene rings is 1. The highest BCUT2D eigenvalue weighted by Gasteiger charge is 2.11. The maximum atomic E-state index is 8.90. The number of rotatable bonds is 5. The Kier molecular flexibility index (Phi) is 5.12. The first-order valence-corrected chi connectivity index (χ1v) is 5.88. The first kappa shape index (κ1) is 11.7. The Morgan fingerprint density at radius 1 is 1.64 bits per heavy atom. The molecule has 1 aromatic rings. The van der Waals surface area contributed by atoms with E-state index in [4.69, 9.17) is 10.4 Å². The molecule has 1 unspecified atom stereocenters. The second kappa shape index (κ2) is 6.14. The molecule has 0 fully saturated rings. The van der Waals surface area contributed by atoms with E-state index in [9.17, 15) is 0 Å². The van der Waals surface area contributed by atoms with Crippen molar-refractivity contribution in [2.45, 2.75) is 12.5 Å². The van der Waals surface area contributed by atoms with Gasteiger partial charge < -0.3 is 5.11 Å². The summed E-state index contributed by atoms with van der Waals surface area (Å²) in [4.78, 5) is 0.998. The average Bonchev–Trinajstić information content (AvgIpc) is 2.60. The van der Waals surface area contributed by atoms with Crippen molar-refractivity contribution in [3.05, 3.63) is 20.8 Å². The van der Waals surface area contributed by atoms with Gasteiger partial charge in [0.1, 0.15) is 6.04 Å². The van der Waals surface area contributed by atoms with Crippen LogP contribution in [0, 0.1) is 11.3 Å². The molecule has 2 N–H and O–H groups in total. The summed E-state index contributed by atoms with van der Waals surface area (Å²) in [6.07, 6.45) is 0.671. The lowest BCUT2D eigenvalue weighted by molar-refractivity contribution is 0.285. The third kappa shape index (κ3) is 3.39. The van der Waals surface area contributed by atoms with Crippen molar-refractivity contribution < 1.29 is 5.11 Å². The van der Waals surface area contributed by atoms with Crippen LogP contribution in [0.3, 0.4) is 0 Å². The Morgan fingerprint density at radius 3 is 2.93 bits per heavy atom. The molecule has 1 heterocycles. The minimum absolute atomic E-state index is 0.152. The number of nitrogens with one attached hydrogen (secondary N) is 1. The Labute approximate surface area is 95.5 Å². The molecule has 0 aliphatic carbocycles. The van der Waals surface area contributed by atoms with Gasteiger partial charge in [0.25, 0.3) is 0 Å². The van der Waals surface area contributed by atoms with Gasteiger partial charge in [0.05, 0.1) is 9.86 Å². The fourth-order valence-electron chi connectivity index (χ4n) is 1.02. The van der Waals surface area contributed by atoms with Crippen LogP contribution in [0.4, 0.5) is 0 Å². The van der Waals surface area contributed by atoms with Gasteiger partial charge in [-0.05, 0) is 41.0 Å². The second-order valence-electron chi connectivity index (χ2n) is 2.74. The molecule has 1 aromatic heterocycles. The zero-order chi connectivity index (χ0) is 10.4. The fourth-order valence-corrected chi connectivity index (χ4v) is 2.46. The number of aliphatic hydroxyl groups excluding tert-OH is 1. The topological polar surface area (TPSA) is 56.0 Å². The summed E-state index contributed by atoms with van der Waals surface area (Å²) in [6, 6.07) is 5.78. The van der Waals surface area contributed by atoms with Crippen LogP contribution in [0.25, 0.3) is 0 Å². The Balaban J connectivity index is 2.51. The summed E-state index contributed by atoms with van der Waals surface area (Å²) in [5.74, 6) is 0. The molecule has 14 heavy (non-hydrogen) atoms. The van der Waals surface area contributed by atoms with E-state index in [-0.39, 0.29) is 12.6 Å². The second-order valence-corrected chi connectivity index (χ2v) is 5.23. The Hall–Kier alpha value is -0.410. The van der Waals surface area contributed by atoms with Crippen LogP contribution in [0.5, 0.6) is 0 Å². The minimum Gasteiger partial charge on any atom is -0.396 e. The Bertz CT molecular complexity index is 321. The van der Waals surface area contributed by atoms with Gasteiger partial charge >= 0.3 is 0 Å². The SMILES string of the molecule is N#CC(NCCCO)c1ccc(Br)s1. The molecule has 0 aromatic carbocycles. The predicted molar refractivity (Wildman–Crippen MR) is 60.1 cm³/mol. The molecule has 0 aliphatic rings. The molecule has 0 saturated heterocycles. The van der Waals surface area contributed by atoms with E-state index in [1.54, 1.807) is 11.3 Å². The van der Waals surface area contributed by atoms with Crippen LogP contribution < -0.4 is 5.32 Å². The summed E-state index contributed by atoms with van der Waals surface area (Å²) in [5.41, 5.74) is 0. The van der Waals surface area contributed by atoms with Gasteiger partial charge in [-0.25, -0.2) is 0 Å². The Morgan fingerprint density at radius 2 is 2.43 bits per heavy atom. The monoisotopic (exact) mass is 274 g/mol. The summed E-state index contributed by atoms with van der Waals surface area (Å²) in [6.45, 7) is 0.809. The highest BCUT2D eigenvalue weighted by molar-refractivity contribution is 9.11. The van der Waals surface area contributed by atoms with Gasteiger partial charge in [0.15, 0.2) is 0 Å². The van der Waals surface area contributed by atoms with Gasteiger partial charge in [-0.1, -0.05) is 0 Å². The summed E-state index contributed by atoms with van der Waals surface area (Å²) in [5, 5.41) is 20.6. The number of nitrogens with zero attached hydrogens (tertiary/aromatic N) is 1. The molecule has 0 bridgehead atoms. The minimum atomic E-state index is -0.266. The van der Waals surface area contributed by atoms with Gasteiger partial charge in [-0.3, -0.25) is 5.32 Å². The van der Waals surface area contributed by atoms with E-state index >= 15 is 0 Å². The van der Waals surface area contributed by atoms with Gasteiger partial charge in [-0.15, -0.1) is 11.3 Å². The molecule has 0 radical (unpaired) electrons. The smallest absolute Gasteiger partial charge is 0.130 e. The third-order valence-corrected chi connectivity index (χ3v) is 3.38. The highest BCUT2D eigenvalue weighted by atomic mass is 79.9. The van der Waals surface area contributed by atoms with Crippen molar-refractivity contribution in [2.24, 2.45) is 0 Å². The number of nitriles is 1. The molecule has 0 saturated carbocycles. The predicted octanol–water partition coefficient (Wildman–Crippen LogP) is 2.05. The lowest BCUT2D eigenvalue weighted by Crippen LogP contribution is -2.20. The number of hydrogen-bond donors (Lipinski definition) is 2. The van der Waals surface area contributed by atoms with E-state index in [0.29, 0.717) is 13.0 Å². The largest absolute Gasteiger partial charge is 0.396 e. The van der Waals surface area contributed by atoms with Crippen LogP contribution in [0.1, 0.15) is 17.3 Å². The van der Waals surface area contributed by atoms with Gasteiger partial charge in [0, 0.05) is 11.5 Å². The average molecular weight is 275 g/mol. The molecule has 1 atom stereocenters. The van der Waals surface area contributed by atoms with E-state index in [1.165, 1.54) is 0 Å². The first-order valence-electron chi connectivity index (χ1n) is 4.27. The van der Waals surface area contributed by atoms with E-state index < -0.39 is 0 Å². The van der Waals surface area contributed by atoms with Crippen molar-refractivity contribution in [3.8, 4) is 6.07 Å². The highest BCUT2D eigenvalue weighted by Crippen LogP contribution is 2.26. The first-order chi connectivity index (χ1) is 6.77. The van der Waals surface area contributed by atoms with E-state index in [0.717, 1.165) is 8.66 Å². The molecular weight excluding hydrogens is 264 g/mol. The molecular formula is C9H11BrN2OS. The van der Waals surface area contributed by atoms with Gasteiger partial charge in [0.2, 0.25) is 0 Å². The third-order valence-electron chi connectivity index (χ3n) is 1.69. The molecule has 0 aliphatic heterocycles. The van der Waals surface area contributed by atoms with Crippen molar-refractivity contribution in [1.82, 2.24) is 5.32 Å². The zero-order valence-corrected chi connectivity index (χ0v) is 9.94. The van der Waals surface area contributed by atoms with Gasteiger partial charge in [-0.2, -0.15) is 5.26 Å². The number of aliphatic hydroxyl groups is 1. The van der Waals surface area contributed by atoms with Crippen molar-refractivity contribution in [1.29, 1.82) is 5.26 Å². The summed E-state index contributed by atoms with van der Waals surface area (Å²) < 4.78 is 1.02. The van der Waals surface area contributed by atoms with Crippen molar-refractivity contribution in [3.63, 3.8) is 0 Å². The lowest BCUT2D eigenvalue weighted by atomic mass is 10.2. The van der Waals surface area contributed by atoms with E-state index in [1.807, 2.05) is 12.1 Å². The standard InChI is InChI=1S/C9H11BrN2OS/c10-9-3-2-8(14-9)7(6-11)12-4-1-5-13/h2-3,7,12-13H,1,4-5H2. The fraction of sp³-hybridized carbons (Fsp3) is 0.444. The lowest BCUT2D eigenvalue weighted by Gasteiger charge is -2.07. The summed E-state index contributed by atoms with van der Waals surface area (Å²) >= 11 is 4.90. The molecule has 0 spiro atoms. The van der Waals surface area contributed by atoms with Crippen LogP contribution >= 0.6 is 27.3 Å². The normalized spacial score (nSPS) is 12.4. The van der Waals surface area contributed by atoms with Crippen molar-refractivity contribution in [2.75, 3.05) is 13.2 Å². The number of hydrogen-bond acceptors (Lipinski definition) is 4. The van der Waals surface area contributed by atoms with Crippen LogP contribution in [-0.2, 0) is 0 Å². The number of halogens is 1. The van der Waals surface area contributed by atoms with Crippen LogP contribution in [-0.4, -0.2) is 18.3 Å². The zero-order valence-electron chi connectivity index (χ0n) is 7.53. The van der Waals surface area contributed by atoms with Crippen LogP contribution in [0.2, 0.25) is 0 Å². The van der Waals surface area contributed by atoms with Crippen molar-refractivity contribution >= 4 is 27.3 Å². The van der Waals surface area contributed by atoms with Crippen LogP contribution in [0.15, 0.2) is 15.9 Å². The molecule has 5 heteroatoms. The maximum Gasteiger partial charge on any atom is 0.130 e. The quantitative estimate of drug-likeness (QED) is 0.809. The molecule has 3 nitrogen and oxygen atoms in total. The molecule has 1 rings (SSSR count). The summed E-state index contributed by atoms with van der Waals surface area (Å²) in [7, 11) is 0. The van der Waals surface area contributed by atoms with E-state index in [2.05, 4.69) is 27.3 Å². The maximum absolute atomic E-state index is 8.90. The molecule has 76 valence electrons.